The van der Waals surface area contributed by atoms with Crippen molar-refractivity contribution in [3.05, 3.63) is 221 Å². The van der Waals surface area contributed by atoms with Crippen LogP contribution in [0.4, 0.5) is 40.8 Å². The molecule has 0 atom stereocenters. The van der Waals surface area contributed by atoms with Crippen LogP contribution >= 0.6 is 0 Å². The molecular formula is C96H108F4N28O2. The van der Waals surface area contributed by atoms with Gasteiger partial charge < -0.3 is 30.6 Å². The van der Waals surface area contributed by atoms with Crippen molar-refractivity contribution in [2.24, 2.45) is 68.2 Å². The van der Waals surface area contributed by atoms with Gasteiger partial charge in [-0.05, 0) is 124 Å². The van der Waals surface area contributed by atoms with Gasteiger partial charge in [0.1, 0.15) is 23.3 Å². The van der Waals surface area contributed by atoms with Crippen LogP contribution in [0.25, 0.3) is 135 Å². The third kappa shape index (κ3) is 23.2. The summed E-state index contributed by atoms with van der Waals surface area (Å²) in [5.74, 6) is 0.106. The molecule has 130 heavy (non-hydrogen) atoms. The number of alkyl halides is 4. The van der Waals surface area contributed by atoms with E-state index in [1.807, 2.05) is 286 Å². The van der Waals surface area contributed by atoms with E-state index in [1.165, 1.54) is 0 Å². The number of nitrogens with zero attached hydrogens (tertiary/aromatic N) is 26. The Hall–Kier alpha value is -14.3. The van der Waals surface area contributed by atoms with Crippen molar-refractivity contribution >= 4 is 23.3 Å². The van der Waals surface area contributed by atoms with Crippen LogP contribution in [0.3, 0.4) is 0 Å². The molecule has 0 aliphatic heterocycles. The zero-order valence-electron chi connectivity index (χ0n) is 75.5. The number of hydrogen-bond acceptors (Lipinski definition) is 22. The summed E-state index contributed by atoms with van der Waals surface area (Å²) in [5, 5.41) is 61.4. The summed E-state index contributed by atoms with van der Waals surface area (Å²) in [6.45, 7) is 9.70. The van der Waals surface area contributed by atoms with E-state index < -0.39 is 23.0 Å². The number of nitrogens with one attached hydrogen (secondary N) is 2. The predicted molar refractivity (Wildman–Crippen MR) is 497 cm³/mol. The molecule has 12 heterocycles. The van der Waals surface area contributed by atoms with E-state index in [1.54, 1.807) is 56.0 Å². The van der Waals surface area contributed by atoms with Crippen LogP contribution in [0.2, 0.25) is 0 Å². The van der Waals surface area contributed by atoms with Crippen LogP contribution in [0.1, 0.15) is 79.1 Å². The lowest BCUT2D eigenvalue weighted by Gasteiger charge is -2.37. The number of rotatable bonds is 28. The van der Waals surface area contributed by atoms with Crippen LogP contribution in [-0.4, -0.2) is 192 Å². The van der Waals surface area contributed by atoms with Crippen molar-refractivity contribution in [3.63, 3.8) is 0 Å². The number of halogens is 4. The van der Waals surface area contributed by atoms with Gasteiger partial charge in [0.05, 0.1) is 70.9 Å². The van der Waals surface area contributed by atoms with Crippen molar-refractivity contribution in [3.8, 4) is 135 Å². The molecule has 2 fully saturated rings. The van der Waals surface area contributed by atoms with Crippen molar-refractivity contribution in [2.45, 2.75) is 102 Å². The minimum absolute atomic E-state index is 0.0564. The Labute approximate surface area is 751 Å². The molecule has 0 saturated heterocycles. The second kappa shape index (κ2) is 38.7. The van der Waals surface area contributed by atoms with E-state index in [0.717, 1.165) is 136 Å². The molecule has 34 heteroatoms. The molecule has 0 radical (unpaired) electrons. The maximum absolute atomic E-state index is 13.4. The van der Waals surface area contributed by atoms with Crippen LogP contribution in [0.15, 0.2) is 221 Å². The molecule has 4 N–H and O–H groups in total. The highest BCUT2D eigenvalue weighted by Crippen LogP contribution is 2.46. The topological polar surface area (TPSA) is 317 Å². The second-order valence-corrected chi connectivity index (χ2v) is 35.0. The molecule has 0 bridgehead atoms. The van der Waals surface area contributed by atoms with Gasteiger partial charge in [-0.3, -0.25) is 37.5 Å². The molecule has 18 rings (SSSR count). The van der Waals surface area contributed by atoms with Gasteiger partial charge in [-0.2, -0.15) is 40.8 Å². The van der Waals surface area contributed by atoms with Gasteiger partial charge in [0.15, 0.2) is 23.3 Å². The SMILES string of the molecule is CN(CC1CC(F)(F)C1)c1nc(-c2cccc(-c3cnn(C)c3)c2)ncc1-c1ccn(C)n1.CN(CC1CC(F)(F)C1)c1nc(-c2cccc(-c3cnn(C)c3)c2)ncc1-c1cnn(C)c1.Cn1cc(-c2cccc(-c3ncc(-c4ccn(C)n4)c(NCCCC(C)(C)O)n3)c2)cn1.Cn1cc(-c2cccc(-c3ncc(-c4cnn(C)c4)c(NCCCC(C)(C)O)n3)c2)cn1. The third-order valence-electron chi connectivity index (χ3n) is 22.4. The third-order valence-corrected chi connectivity index (χ3v) is 22.4. The molecule has 0 unspecified atom stereocenters. The zero-order valence-corrected chi connectivity index (χ0v) is 75.5. The lowest BCUT2D eigenvalue weighted by atomic mass is 9.81. The van der Waals surface area contributed by atoms with Crippen molar-refractivity contribution in [1.29, 1.82) is 0 Å². The van der Waals surface area contributed by atoms with Gasteiger partial charge in [0, 0.05) is 263 Å². The summed E-state index contributed by atoms with van der Waals surface area (Å²) in [5.41, 5.74) is 17.2. The average Bonchev–Trinajstić information content (AvgIpc) is 1.21. The normalized spacial score (nSPS) is 13.6. The molecule has 2 aliphatic rings. The van der Waals surface area contributed by atoms with Crippen molar-refractivity contribution in [2.75, 3.05) is 60.7 Å². The molecule has 12 aromatic heterocycles. The summed E-state index contributed by atoms with van der Waals surface area (Å²) in [7, 11) is 18.8. The number of aryl methyl sites for hydroxylation is 8. The van der Waals surface area contributed by atoms with Crippen LogP contribution in [-0.2, 0) is 56.4 Å². The van der Waals surface area contributed by atoms with Crippen molar-refractivity contribution < 1.29 is 27.8 Å². The highest BCUT2D eigenvalue weighted by molar-refractivity contribution is 5.81. The monoisotopic (exact) mass is 1760 g/mol. The number of aliphatic hydroxyl groups is 2. The highest BCUT2D eigenvalue weighted by Gasteiger charge is 2.47. The van der Waals surface area contributed by atoms with Crippen LogP contribution < -0.4 is 20.4 Å². The molecule has 0 spiro atoms. The van der Waals surface area contributed by atoms with E-state index in [-0.39, 0.29) is 37.5 Å². The molecule has 2 aliphatic carbocycles. The maximum Gasteiger partial charge on any atom is 0.248 e. The first-order valence-corrected chi connectivity index (χ1v) is 43.1. The van der Waals surface area contributed by atoms with E-state index in [0.29, 0.717) is 74.0 Å². The molecule has 2 saturated carbocycles. The van der Waals surface area contributed by atoms with E-state index in [9.17, 15) is 27.8 Å². The predicted octanol–water partition coefficient (Wildman–Crippen LogP) is 16.7. The number of aromatic nitrogens is 24. The lowest BCUT2D eigenvalue weighted by Crippen LogP contribution is -2.42. The Morgan fingerprint density at radius 2 is 0.638 bits per heavy atom. The van der Waals surface area contributed by atoms with Crippen LogP contribution in [0, 0.1) is 11.8 Å². The Morgan fingerprint density at radius 1 is 0.354 bits per heavy atom. The lowest BCUT2D eigenvalue weighted by molar-refractivity contribution is -0.108. The summed E-state index contributed by atoms with van der Waals surface area (Å²) in [6, 6.07) is 36.1. The number of hydrogen-bond donors (Lipinski definition) is 4. The fourth-order valence-electron chi connectivity index (χ4n) is 15.8. The summed E-state index contributed by atoms with van der Waals surface area (Å²) < 4.78 is 67.6. The van der Waals surface area contributed by atoms with Gasteiger partial charge in [-0.25, -0.2) is 57.4 Å². The Kier molecular flexibility index (Phi) is 27.0. The first-order chi connectivity index (χ1) is 62.1. The van der Waals surface area contributed by atoms with E-state index >= 15 is 0 Å². The smallest absolute Gasteiger partial charge is 0.248 e. The molecule has 30 nitrogen and oxygen atoms in total. The van der Waals surface area contributed by atoms with Gasteiger partial charge in [0.25, 0.3) is 0 Å². The highest BCUT2D eigenvalue weighted by atomic mass is 19.3. The molecule has 672 valence electrons. The van der Waals surface area contributed by atoms with Gasteiger partial charge in [0.2, 0.25) is 11.8 Å². The quantitative estimate of drug-likeness (QED) is 0.0261. The first-order valence-electron chi connectivity index (χ1n) is 43.1. The summed E-state index contributed by atoms with van der Waals surface area (Å²) in [4.78, 5) is 41.9. The molecule has 0 amide bonds. The molecular weight excluding hydrogens is 1650 g/mol. The Morgan fingerprint density at radius 3 is 0.954 bits per heavy atom. The van der Waals surface area contributed by atoms with Gasteiger partial charge >= 0.3 is 0 Å². The molecule has 16 aromatic rings. The minimum atomic E-state index is -2.54. The van der Waals surface area contributed by atoms with E-state index in [2.05, 4.69) is 95.6 Å². The first kappa shape index (κ1) is 90.5. The molecule has 4 aromatic carbocycles. The Balaban J connectivity index is 0.000000133. The maximum atomic E-state index is 13.4. The Bertz CT molecular complexity index is 6150. The summed E-state index contributed by atoms with van der Waals surface area (Å²) in [6.07, 6.45) is 36.3. The van der Waals surface area contributed by atoms with Gasteiger partial charge in [-0.15, -0.1) is 0 Å². The largest absolute Gasteiger partial charge is 0.390 e. The van der Waals surface area contributed by atoms with E-state index in [4.69, 9.17) is 19.9 Å². The van der Waals surface area contributed by atoms with Crippen LogP contribution in [0.5, 0.6) is 0 Å². The number of benzene rings is 4. The zero-order chi connectivity index (χ0) is 91.8. The average molecular weight is 1760 g/mol. The van der Waals surface area contributed by atoms with Gasteiger partial charge in [-0.1, -0.05) is 72.8 Å². The van der Waals surface area contributed by atoms with Crippen molar-refractivity contribution in [1.82, 2.24) is 118 Å². The fourth-order valence-corrected chi connectivity index (χ4v) is 15.8. The fraction of sp³-hybridized carbons (Fsp3) is 0.333. The second-order valence-electron chi connectivity index (χ2n) is 35.0. The minimum Gasteiger partial charge on any atom is -0.390 e. The standard InChI is InChI=1S/2C24H25F2N7.2C24H29N7O/c1-31(13-16-8-24(25,26)9-16)23-21(20-11-29-33(3)15-20)12-27-22(30-23)18-6-4-5-17(7-18)19-10-28-32(2)14-19;1-31(14-16-10-24(25,26)11-16)23-20(21-7-8-32(2)30-21)13-27-22(29-23)18-6-4-5-17(9-18)19-12-28-33(3)15-19;1-24(2,32)10-6-11-25-23-20(21-9-12-30(3)29-21)15-26-22(28-23)18-8-5-7-17(13-18)19-14-27-31(4)16-19;1-24(2,32)9-6-10-25-23-21(20-13-28-31(4)16-20)14-26-22(29-23)18-8-5-7-17(11-18)19-12-27-30(3)15-19/h4-7,10-12,14-16H,8-9,13H2,1-3H3;4-9,12-13,15-16H,10-11,14H2,1-3H3;5,7-9,12-16,32H,6,10-11H2,1-4H3,(H,25,26,28);5,7-8,11-16,32H,6,9-10H2,1-4H3,(H,25,26,29). The summed E-state index contributed by atoms with van der Waals surface area (Å²) >= 11 is 0. The number of anilines is 4.